The predicted octanol–water partition coefficient (Wildman–Crippen LogP) is 4.64. The Balaban J connectivity index is 1.74. The van der Waals surface area contributed by atoms with Gasteiger partial charge in [-0.2, -0.15) is 0 Å². The van der Waals surface area contributed by atoms with Crippen LogP contribution >= 0.6 is 23.2 Å². The summed E-state index contributed by atoms with van der Waals surface area (Å²) in [6.07, 6.45) is 3.32. The Labute approximate surface area is 164 Å². The molecular weight excluding hydrogens is 367 g/mol. The summed E-state index contributed by atoms with van der Waals surface area (Å²) in [5.74, 6) is -0.0132. The van der Waals surface area contributed by atoms with Crippen molar-refractivity contribution in [2.24, 2.45) is 0 Å². The summed E-state index contributed by atoms with van der Waals surface area (Å²) in [7, 11) is 2.14. The number of halogens is 2. The minimum absolute atomic E-state index is 0.0132. The molecule has 0 atom stereocenters. The maximum atomic E-state index is 12.7. The molecule has 0 radical (unpaired) electrons. The number of ketones is 1. The van der Waals surface area contributed by atoms with Crippen LogP contribution in [0.15, 0.2) is 48.5 Å². The number of allylic oxidation sites excluding steroid dienone is 1. The predicted molar refractivity (Wildman–Crippen MR) is 109 cm³/mol. The molecule has 0 bridgehead atoms. The molecule has 0 aliphatic carbocycles. The van der Waals surface area contributed by atoms with E-state index < -0.39 is 0 Å². The van der Waals surface area contributed by atoms with Gasteiger partial charge in [-0.25, -0.2) is 0 Å². The quantitative estimate of drug-likeness (QED) is 0.550. The fourth-order valence-corrected chi connectivity index (χ4v) is 3.51. The largest absolute Gasteiger partial charge is 0.304 e. The van der Waals surface area contributed by atoms with Crippen LogP contribution in [0.3, 0.4) is 0 Å². The monoisotopic (exact) mass is 388 g/mol. The highest BCUT2D eigenvalue weighted by Gasteiger charge is 2.16. The highest BCUT2D eigenvalue weighted by Crippen LogP contribution is 2.22. The molecule has 1 heterocycles. The summed E-state index contributed by atoms with van der Waals surface area (Å²) >= 11 is 12.1. The third kappa shape index (κ3) is 4.95. The molecule has 0 amide bonds. The Morgan fingerprint density at radius 2 is 1.81 bits per heavy atom. The fourth-order valence-electron chi connectivity index (χ4n) is 3.04. The van der Waals surface area contributed by atoms with Gasteiger partial charge in [-0.05, 0) is 42.5 Å². The van der Waals surface area contributed by atoms with Gasteiger partial charge in [0.15, 0.2) is 5.78 Å². The average molecular weight is 389 g/mol. The summed E-state index contributed by atoms with van der Waals surface area (Å²) in [6, 6.07) is 13.1. The molecule has 136 valence electrons. The Morgan fingerprint density at radius 3 is 2.54 bits per heavy atom. The molecule has 0 aromatic heterocycles. The van der Waals surface area contributed by atoms with E-state index in [1.54, 1.807) is 24.3 Å². The van der Waals surface area contributed by atoms with Crippen LogP contribution in [0.25, 0.3) is 6.08 Å². The zero-order chi connectivity index (χ0) is 18.5. The number of benzene rings is 2. The average Bonchev–Trinajstić information content (AvgIpc) is 2.63. The molecule has 0 N–H and O–H groups in total. The van der Waals surface area contributed by atoms with Gasteiger partial charge in [0, 0.05) is 48.3 Å². The van der Waals surface area contributed by atoms with Gasteiger partial charge < -0.3 is 4.90 Å². The molecule has 1 aliphatic rings. The maximum Gasteiger partial charge on any atom is 0.186 e. The molecule has 3 nitrogen and oxygen atoms in total. The maximum absolute atomic E-state index is 12.7. The first kappa shape index (κ1) is 19.1. The highest BCUT2D eigenvalue weighted by atomic mass is 35.5. The van der Waals surface area contributed by atoms with Crippen molar-refractivity contribution >= 4 is 35.1 Å². The summed E-state index contributed by atoms with van der Waals surface area (Å²) in [4.78, 5) is 17.4. The molecular formula is C21H22Cl2N2O. The molecule has 1 fully saturated rings. The van der Waals surface area contributed by atoms with Crippen molar-refractivity contribution < 1.29 is 4.79 Å². The van der Waals surface area contributed by atoms with Crippen LogP contribution in [-0.2, 0) is 6.54 Å². The molecule has 0 spiro atoms. The van der Waals surface area contributed by atoms with Crippen molar-refractivity contribution in [2.75, 3.05) is 33.2 Å². The van der Waals surface area contributed by atoms with E-state index in [4.69, 9.17) is 23.2 Å². The number of nitrogens with zero attached hydrogens (tertiary/aromatic N) is 2. The number of piperazine rings is 1. The van der Waals surface area contributed by atoms with Crippen LogP contribution in [0, 0.1) is 0 Å². The lowest BCUT2D eigenvalue weighted by Gasteiger charge is -2.32. The van der Waals surface area contributed by atoms with Crippen molar-refractivity contribution in [3.05, 3.63) is 75.3 Å². The lowest BCUT2D eigenvalue weighted by Crippen LogP contribution is -2.44. The molecule has 2 aromatic carbocycles. The molecule has 2 aromatic rings. The van der Waals surface area contributed by atoms with Gasteiger partial charge in [-0.1, -0.05) is 53.5 Å². The van der Waals surface area contributed by atoms with Gasteiger partial charge in [0.1, 0.15) is 0 Å². The van der Waals surface area contributed by atoms with Crippen molar-refractivity contribution in [2.45, 2.75) is 6.54 Å². The van der Waals surface area contributed by atoms with Crippen LogP contribution in [0.1, 0.15) is 21.5 Å². The molecule has 5 heteroatoms. The Hall–Kier alpha value is -1.65. The third-order valence-electron chi connectivity index (χ3n) is 4.65. The van der Waals surface area contributed by atoms with E-state index in [1.165, 1.54) is 0 Å². The third-order valence-corrected chi connectivity index (χ3v) is 5.21. The number of hydrogen-bond acceptors (Lipinski definition) is 3. The van der Waals surface area contributed by atoms with E-state index in [9.17, 15) is 4.79 Å². The summed E-state index contributed by atoms with van der Waals surface area (Å²) in [5, 5.41) is 1.11. The smallest absolute Gasteiger partial charge is 0.186 e. The van der Waals surface area contributed by atoms with E-state index in [-0.39, 0.29) is 5.78 Å². The fraction of sp³-hybridized carbons (Fsp3) is 0.286. The summed E-state index contributed by atoms with van der Waals surface area (Å²) in [6.45, 7) is 4.96. The zero-order valence-corrected chi connectivity index (χ0v) is 16.3. The second-order valence-corrected chi connectivity index (χ2v) is 7.44. The van der Waals surface area contributed by atoms with E-state index in [2.05, 4.69) is 16.8 Å². The van der Waals surface area contributed by atoms with E-state index >= 15 is 0 Å². The Morgan fingerprint density at radius 1 is 1.08 bits per heavy atom. The van der Waals surface area contributed by atoms with E-state index in [0.29, 0.717) is 10.0 Å². The molecule has 1 aliphatic heterocycles. The molecule has 26 heavy (non-hydrogen) atoms. The van der Waals surface area contributed by atoms with Crippen LogP contribution in [0.2, 0.25) is 10.0 Å². The summed E-state index contributed by atoms with van der Waals surface area (Å²) < 4.78 is 0. The highest BCUT2D eigenvalue weighted by molar-refractivity contribution is 6.35. The van der Waals surface area contributed by atoms with Gasteiger partial charge >= 0.3 is 0 Å². The molecule has 3 rings (SSSR count). The second-order valence-electron chi connectivity index (χ2n) is 6.60. The lowest BCUT2D eigenvalue weighted by molar-refractivity contribution is 0.104. The van der Waals surface area contributed by atoms with Gasteiger partial charge in [0.05, 0.1) is 0 Å². The first-order valence-electron chi connectivity index (χ1n) is 8.69. The van der Waals surface area contributed by atoms with Gasteiger partial charge in [0.2, 0.25) is 0 Å². The van der Waals surface area contributed by atoms with Gasteiger partial charge in [0.25, 0.3) is 0 Å². The number of likely N-dealkylation sites (N-methyl/N-ethyl adjacent to an activating group) is 1. The normalized spacial score (nSPS) is 16.3. The first-order valence-corrected chi connectivity index (χ1v) is 9.45. The standard InChI is InChI=1S/C21H22Cl2N2O/c1-24-10-12-25(13-11-24)15-17-4-2-3-5-19(17)21(26)9-7-16-6-8-18(22)14-20(16)23/h2-9,14H,10-13,15H2,1H3. The lowest BCUT2D eigenvalue weighted by atomic mass is 10.0. The minimum atomic E-state index is -0.0132. The number of carbonyl (C=O) groups excluding carboxylic acids is 1. The topological polar surface area (TPSA) is 23.6 Å². The van der Waals surface area contributed by atoms with Crippen molar-refractivity contribution in [1.29, 1.82) is 0 Å². The second kappa shape index (κ2) is 8.83. The van der Waals surface area contributed by atoms with E-state index in [1.807, 2.05) is 30.3 Å². The van der Waals surface area contributed by atoms with Crippen molar-refractivity contribution in [3.63, 3.8) is 0 Å². The van der Waals surface area contributed by atoms with Crippen molar-refractivity contribution in [1.82, 2.24) is 9.80 Å². The van der Waals surface area contributed by atoms with Crippen LogP contribution in [0.5, 0.6) is 0 Å². The number of hydrogen-bond donors (Lipinski definition) is 0. The van der Waals surface area contributed by atoms with Crippen LogP contribution in [-0.4, -0.2) is 48.8 Å². The minimum Gasteiger partial charge on any atom is -0.304 e. The van der Waals surface area contributed by atoms with Crippen LogP contribution < -0.4 is 0 Å². The molecule has 0 saturated carbocycles. The van der Waals surface area contributed by atoms with E-state index in [0.717, 1.165) is 49.4 Å². The zero-order valence-electron chi connectivity index (χ0n) is 14.8. The van der Waals surface area contributed by atoms with Gasteiger partial charge in [-0.15, -0.1) is 0 Å². The van der Waals surface area contributed by atoms with Crippen molar-refractivity contribution in [3.8, 4) is 0 Å². The SMILES string of the molecule is CN1CCN(Cc2ccccc2C(=O)C=Cc2ccc(Cl)cc2Cl)CC1. The Bertz CT molecular complexity index is 811. The summed E-state index contributed by atoms with van der Waals surface area (Å²) in [5.41, 5.74) is 2.59. The van der Waals surface area contributed by atoms with Crippen LogP contribution in [0.4, 0.5) is 0 Å². The first-order chi connectivity index (χ1) is 12.5. The number of rotatable bonds is 5. The molecule has 1 saturated heterocycles. The number of carbonyl (C=O) groups is 1. The Kier molecular flexibility index (Phi) is 6.49. The molecule has 0 unspecified atom stereocenters. The van der Waals surface area contributed by atoms with Gasteiger partial charge in [-0.3, -0.25) is 9.69 Å².